The Kier molecular flexibility index (Phi) is 2.95. The molecule has 2 aromatic rings. The first-order chi connectivity index (χ1) is 9.24. The quantitative estimate of drug-likeness (QED) is 0.881. The summed E-state index contributed by atoms with van der Waals surface area (Å²) in [7, 11) is 1.56. The molecule has 1 aromatic carbocycles. The van der Waals surface area contributed by atoms with Crippen LogP contribution in [0.3, 0.4) is 0 Å². The first-order valence-electron chi connectivity index (χ1n) is 6.32. The number of benzene rings is 1. The fourth-order valence-electron chi connectivity index (χ4n) is 2.41. The second-order valence-corrected chi connectivity index (χ2v) is 4.62. The summed E-state index contributed by atoms with van der Waals surface area (Å²) in [4.78, 5) is 8.10. The Morgan fingerprint density at radius 2 is 2.00 bits per heavy atom. The Hall–Kier alpha value is -2.30. The number of ether oxygens (including phenoxy) is 1. The van der Waals surface area contributed by atoms with Crippen LogP contribution in [0.2, 0.25) is 0 Å². The number of hydrogen-bond acceptors (Lipinski definition) is 5. The molecule has 5 nitrogen and oxygen atoms in total. The fraction of sp³-hybridized carbons (Fsp3) is 0.286. The number of nitrogens with two attached hydrogens (primary N) is 1. The van der Waals surface area contributed by atoms with E-state index < -0.39 is 0 Å². The van der Waals surface area contributed by atoms with Crippen LogP contribution in [0.15, 0.2) is 24.3 Å². The van der Waals surface area contributed by atoms with Gasteiger partial charge in [-0.15, -0.1) is 0 Å². The number of hydrogen-bond donors (Lipinski definition) is 2. The maximum Gasteiger partial charge on any atom is 0.225 e. The van der Waals surface area contributed by atoms with E-state index in [1.165, 1.54) is 24.0 Å². The van der Waals surface area contributed by atoms with Crippen molar-refractivity contribution >= 4 is 17.5 Å². The van der Waals surface area contributed by atoms with E-state index >= 15 is 0 Å². The molecule has 3 N–H and O–H groups in total. The molecule has 0 fully saturated rings. The van der Waals surface area contributed by atoms with Crippen molar-refractivity contribution in [3.63, 3.8) is 0 Å². The molecule has 0 saturated carbocycles. The average Bonchev–Trinajstić information content (AvgIpc) is 2.85. The Balaban J connectivity index is 1.86. The number of aryl methyl sites for hydroxylation is 2. The molecule has 0 atom stereocenters. The van der Waals surface area contributed by atoms with Gasteiger partial charge in [-0.2, -0.15) is 9.97 Å². The zero-order chi connectivity index (χ0) is 13.2. The highest BCUT2D eigenvalue weighted by Crippen LogP contribution is 2.27. The van der Waals surface area contributed by atoms with Gasteiger partial charge >= 0.3 is 0 Å². The first kappa shape index (κ1) is 11.8. The molecule has 0 spiro atoms. The van der Waals surface area contributed by atoms with Crippen LogP contribution in [0.5, 0.6) is 5.88 Å². The van der Waals surface area contributed by atoms with Crippen LogP contribution >= 0.6 is 0 Å². The van der Waals surface area contributed by atoms with Crippen LogP contribution in [0, 0.1) is 0 Å². The molecule has 5 heteroatoms. The van der Waals surface area contributed by atoms with Gasteiger partial charge in [0.1, 0.15) is 5.82 Å². The van der Waals surface area contributed by atoms with Gasteiger partial charge in [0.2, 0.25) is 11.8 Å². The predicted octanol–water partition coefficient (Wildman–Crippen LogP) is 2.30. The lowest BCUT2D eigenvalue weighted by Gasteiger charge is -2.09. The van der Waals surface area contributed by atoms with E-state index in [0.29, 0.717) is 11.7 Å². The van der Waals surface area contributed by atoms with Crippen molar-refractivity contribution in [2.45, 2.75) is 19.3 Å². The molecule has 0 unspecified atom stereocenters. The maximum absolute atomic E-state index is 5.64. The molecule has 1 heterocycles. The van der Waals surface area contributed by atoms with Crippen LogP contribution in [0.4, 0.5) is 17.5 Å². The normalized spacial score (nSPS) is 13.1. The van der Waals surface area contributed by atoms with Gasteiger partial charge in [0.25, 0.3) is 0 Å². The number of fused-ring (bicyclic) bond motifs is 1. The average molecular weight is 256 g/mol. The highest BCUT2D eigenvalue weighted by molar-refractivity contribution is 5.60. The molecule has 0 saturated heterocycles. The molecule has 0 radical (unpaired) electrons. The molecule has 3 rings (SSSR count). The summed E-state index contributed by atoms with van der Waals surface area (Å²) in [6.45, 7) is 0. The van der Waals surface area contributed by atoms with Gasteiger partial charge < -0.3 is 15.8 Å². The summed E-state index contributed by atoms with van der Waals surface area (Å²) in [5, 5.41) is 3.24. The highest BCUT2D eigenvalue weighted by Gasteiger charge is 2.11. The summed E-state index contributed by atoms with van der Waals surface area (Å²) in [6.07, 6.45) is 3.58. The summed E-state index contributed by atoms with van der Waals surface area (Å²) in [5.41, 5.74) is 9.52. The number of rotatable bonds is 3. The number of nitrogen functional groups attached to an aromatic ring is 1. The van der Waals surface area contributed by atoms with Gasteiger partial charge in [-0.05, 0) is 42.5 Å². The lowest BCUT2D eigenvalue weighted by atomic mass is 10.1. The first-order valence-corrected chi connectivity index (χ1v) is 6.32. The molecule has 0 bridgehead atoms. The van der Waals surface area contributed by atoms with Crippen molar-refractivity contribution in [3.05, 3.63) is 35.4 Å². The van der Waals surface area contributed by atoms with Crippen LogP contribution in [-0.2, 0) is 12.8 Å². The molecule has 98 valence electrons. The minimum absolute atomic E-state index is 0.197. The second-order valence-electron chi connectivity index (χ2n) is 4.62. The van der Waals surface area contributed by atoms with E-state index in [-0.39, 0.29) is 5.95 Å². The summed E-state index contributed by atoms with van der Waals surface area (Å²) in [5.74, 6) is 1.29. The minimum atomic E-state index is 0.197. The van der Waals surface area contributed by atoms with E-state index in [4.69, 9.17) is 10.5 Å². The molecule has 19 heavy (non-hydrogen) atoms. The van der Waals surface area contributed by atoms with E-state index in [0.717, 1.165) is 12.1 Å². The Labute approximate surface area is 111 Å². The van der Waals surface area contributed by atoms with Gasteiger partial charge in [-0.25, -0.2) is 0 Å². The van der Waals surface area contributed by atoms with E-state index in [9.17, 15) is 0 Å². The Bertz CT molecular complexity index is 612. The number of nitrogens with zero attached hydrogens (tertiary/aromatic N) is 2. The smallest absolute Gasteiger partial charge is 0.225 e. The van der Waals surface area contributed by atoms with E-state index in [1.54, 1.807) is 13.2 Å². The lowest BCUT2D eigenvalue weighted by molar-refractivity contribution is 0.398. The lowest BCUT2D eigenvalue weighted by Crippen LogP contribution is -2.02. The highest BCUT2D eigenvalue weighted by atomic mass is 16.5. The molecule has 1 aliphatic carbocycles. The van der Waals surface area contributed by atoms with Crippen LogP contribution in [-0.4, -0.2) is 17.1 Å². The van der Waals surface area contributed by atoms with Gasteiger partial charge in [-0.1, -0.05) is 6.07 Å². The van der Waals surface area contributed by atoms with Crippen molar-refractivity contribution in [3.8, 4) is 5.88 Å². The Morgan fingerprint density at radius 1 is 1.16 bits per heavy atom. The van der Waals surface area contributed by atoms with Crippen LogP contribution in [0.25, 0.3) is 0 Å². The van der Waals surface area contributed by atoms with Crippen LogP contribution in [0.1, 0.15) is 17.5 Å². The van der Waals surface area contributed by atoms with Crippen molar-refractivity contribution in [1.82, 2.24) is 9.97 Å². The van der Waals surface area contributed by atoms with Crippen molar-refractivity contribution in [1.29, 1.82) is 0 Å². The molecule has 1 aliphatic rings. The van der Waals surface area contributed by atoms with Crippen molar-refractivity contribution < 1.29 is 4.74 Å². The van der Waals surface area contributed by atoms with Gasteiger partial charge in [0, 0.05) is 11.8 Å². The fourth-order valence-corrected chi connectivity index (χ4v) is 2.41. The molecular weight excluding hydrogens is 240 g/mol. The third-order valence-electron chi connectivity index (χ3n) is 3.30. The number of methoxy groups -OCH3 is 1. The molecular formula is C14H16N4O. The van der Waals surface area contributed by atoms with Crippen molar-refractivity contribution in [2.75, 3.05) is 18.2 Å². The summed E-state index contributed by atoms with van der Waals surface area (Å²) >= 11 is 0. The largest absolute Gasteiger partial charge is 0.481 e. The summed E-state index contributed by atoms with van der Waals surface area (Å²) < 4.78 is 5.08. The maximum atomic E-state index is 5.64. The molecule has 1 aromatic heterocycles. The van der Waals surface area contributed by atoms with Crippen LogP contribution < -0.4 is 15.8 Å². The minimum Gasteiger partial charge on any atom is -0.481 e. The standard InChI is InChI=1S/C14H16N4O/c1-19-13-8-12(17-14(15)18-13)16-11-6-5-9-3-2-4-10(9)7-11/h5-8H,2-4H2,1H3,(H3,15,16,17,18). The predicted molar refractivity (Wildman–Crippen MR) is 74.7 cm³/mol. The Morgan fingerprint density at radius 3 is 2.84 bits per heavy atom. The zero-order valence-corrected chi connectivity index (χ0v) is 10.8. The second kappa shape index (κ2) is 4.76. The van der Waals surface area contributed by atoms with Crippen molar-refractivity contribution in [2.24, 2.45) is 0 Å². The third kappa shape index (κ3) is 2.45. The topological polar surface area (TPSA) is 73.1 Å². The molecule has 0 aliphatic heterocycles. The SMILES string of the molecule is COc1cc(Nc2ccc3c(c2)CCC3)nc(N)n1. The zero-order valence-electron chi connectivity index (χ0n) is 10.8. The van der Waals surface area contributed by atoms with Gasteiger partial charge in [-0.3, -0.25) is 0 Å². The number of nitrogens with one attached hydrogen (secondary N) is 1. The number of aromatic nitrogens is 2. The van der Waals surface area contributed by atoms with Gasteiger partial charge in [0.15, 0.2) is 0 Å². The summed E-state index contributed by atoms with van der Waals surface area (Å²) in [6, 6.07) is 8.14. The van der Waals surface area contributed by atoms with Gasteiger partial charge in [0.05, 0.1) is 7.11 Å². The van der Waals surface area contributed by atoms with E-state index in [1.807, 2.05) is 0 Å². The number of anilines is 3. The monoisotopic (exact) mass is 256 g/mol. The third-order valence-corrected chi connectivity index (χ3v) is 3.30. The molecule has 0 amide bonds. The van der Waals surface area contributed by atoms with E-state index in [2.05, 4.69) is 33.5 Å².